The van der Waals surface area contributed by atoms with E-state index in [1.807, 2.05) is 131 Å². The van der Waals surface area contributed by atoms with Gasteiger partial charge in [-0.2, -0.15) is 0 Å². The SMILES string of the molecule is CC(=O)C[C@H](NC(=O)[C@H](c1ccc(F)c(F)c1)N1CC(C)CCC1=O)c1cncc(-c2c(C)cccc2C)c1.Cc1ccccc1-c1cccc([C@H](CC(=O)O)NC(=O)C(c2ccccc2)N2CCCCC2=O)c1. The van der Waals surface area contributed by atoms with Gasteiger partial charge in [-0.05, 0) is 133 Å². The number of amides is 4. The number of carboxylic acids is 1. The van der Waals surface area contributed by atoms with Crippen molar-refractivity contribution >= 4 is 35.4 Å². The summed E-state index contributed by atoms with van der Waals surface area (Å²) in [6.45, 7) is 10.3. The van der Waals surface area contributed by atoms with Crippen LogP contribution in [-0.4, -0.2) is 68.4 Å². The molecule has 0 bridgehead atoms. The minimum absolute atomic E-state index is 0.00151. The summed E-state index contributed by atoms with van der Waals surface area (Å²) < 4.78 is 28.0. The molecule has 2 saturated heterocycles. The van der Waals surface area contributed by atoms with E-state index in [0.29, 0.717) is 42.6 Å². The van der Waals surface area contributed by atoms with E-state index < -0.39 is 47.7 Å². The summed E-state index contributed by atoms with van der Waals surface area (Å²) in [6, 6.07) is 32.4. The Bertz CT molecular complexity index is 3000. The Kier molecular flexibility index (Phi) is 18.0. The normalized spacial score (nSPS) is 16.2. The molecule has 0 spiro atoms. The number of pyridine rings is 1. The molecule has 4 amide bonds. The van der Waals surface area contributed by atoms with Crippen molar-refractivity contribution in [3.63, 3.8) is 0 Å². The molecule has 14 heteroatoms. The van der Waals surface area contributed by atoms with Crippen molar-refractivity contribution < 1.29 is 42.7 Å². The van der Waals surface area contributed by atoms with Crippen LogP contribution in [0.1, 0.15) is 122 Å². The lowest BCUT2D eigenvalue weighted by Crippen LogP contribution is -2.48. The number of hydrogen-bond acceptors (Lipinski definition) is 7. The number of Topliss-reactive ketones (excluding diaryl/α,β-unsaturated/α-hetero) is 1. The number of piperidine rings is 2. The van der Waals surface area contributed by atoms with Crippen molar-refractivity contribution in [3.8, 4) is 22.3 Å². The highest BCUT2D eigenvalue weighted by molar-refractivity contribution is 5.91. The number of carboxylic acid groups (broad SMARTS) is 1. The van der Waals surface area contributed by atoms with Crippen LogP contribution in [0, 0.1) is 38.3 Å². The second kappa shape index (κ2) is 24.7. The first kappa shape index (κ1) is 53.9. The van der Waals surface area contributed by atoms with Crippen molar-refractivity contribution in [1.82, 2.24) is 25.4 Å². The van der Waals surface area contributed by atoms with Crippen molar-refractivity contribution in [2.75, 3.05) is 13.1 Å². The Balaban J connectivity index is 0.000000217. The van der Waals surface area contributed by atoms with Crippen LogP contribution in [-0.2, 0) is 28.8 Å². The molecule has 8 rings (SSSR count). The summed E-state index contributed by atoms with van der Waals surface area (Å²) in [5, 5.41) is 15.5. The van der Waals surface area contributed by atoms with E-state index in [1.165, 1.54) is 17.9 Å². The lowest BCUT2D eigenvalue weighted by atomic mass is 9.93. The minimum Gasteiger partial charge on any atom is -0.481 e. The van der Waals surface area contributed by atoms with E-state index >= 15 is 0 Å². The summed E-state index contributed by atoms with van der Waals surface area (Å²) in [5.41, 5.74) is 9.33. The highest BCUT2D eigenvalue weighted by Crippen LogP contribution is 2.34. The second-order valence-corrected chi connectivity index (χ2v) is 19.5. The molecule has 0 saturated carbocycles. The fraction of sp³-hybridized carbons (Fsp3) is 0.317. The monoisotopic (exact) mass is 1000 g/mol. The second-order valence-electron chi connectivity index (χ2n) is 19.5. The fourth-order valence-corrected chi connectivity index (χ4v) is 10.00. The van der Waals surface area contributed by atoms with Crippen LogP contribution >= 0.6 is 0 Å². The Morgan fingerprint density at radius 2 is 1.24 bits per heavy atom. The number of carbonyl (C=O) groups is 6. The number of aromatic nitrogens is 1. The number of aliphatic carboxylic acids is 1. The zero-order valence-corrected chi connectivity index (χ0v) is 42.4. The average Bonchev–Trinajstić information content (AvgIpc) is 3.37. The number of hydrogen-bond donors (Lipinski definition) is 3. The van der Waals surface area contributed by atoms with Gasteiger partial charge in [0.2, 0.25) is 23.6 Å². The third kappa shape index (κ3) is 13.4. The van der Waals surface area contributed by atoms with Gasteiger partial charge in [0.1, 0.15) is 17.9 Å². The van der Waals surface area contributed by atoms with Crippen molar-refractivity contribution in [2.45, 2.75) is 104 Å². The molecular weight excluding hydrogens is 941 g/mol. The van der Waals surface area contributed by atoms with Crippen LogP contribution in [0.4, 0.5) is 8.78 Å². The van der Waals surface area contributed by atoms with Crippen LogP contribution in [0.3, 0.4) is 0 Å². The van der Waals surface area contributed by atoms with E-state index in [4.69, 9.17) is 0 Å². The van der Waals surface area contributed by atoms with Gasteiger partial charge in [-0.1, -0.05) is 104 Å². The molecule has 2 unspecified atom stereocenters. The van der Waals surface area contributed by atoms with Gasteiger partial charge >= 0.3 is 5.97 Å². The maximum Gasteiger partial charge on any atom is 0.305 e. The number of ketones is 1. The number of nitrogens with one attached hydrogen (secondary N) is 2. The molecule has 12 nitrogen and oxygen atoms in total. The molecule has 2 aliphatic heterocycles. The molecule has 2 fully saturated rings. The highest BCUT2D eigenvalue weighted by Gasteiger charge is 2.37. The van der Waals surface area contributed by atoms with Gasteiger partial charge in [0.05, 0.1) is 18.5 Å². The Morgan fingerprint density at radius 1 is 0.635 bits per heavy atom. The third-order valence-corrected chi connectivity index (χ3v) is 13.7. The third-order valence-electron chi connectivity index (χ3n) is 13.7. The number of halogens is 2. The van der Waals surface area contributed by atoms with Gasteiger partial charge in [-0.15, -0.1) is 0 Å². The number of rotatable bonds is 16. The maximum absolute atomic E-state index is 14.3. The topological polar surface area (TPSA) is 166 Å². The van der Waals surface area contributed by atoms with Crippen molar-refractivity contribution in [1.29, 1.82) is 0 Å². The summed E-state index contributed by atoms with van der Waals surface area (Å²) in [4.78, 5) is 84.6. The molecule has 384 valence electrons. The van der Waals surface area contributed by atoms with Gasteiger partial charge in [0.25, 0.3) is 0 Å². The predicted octanol–water partition coefficient (Wildman–Crippen LogP) is 10.8. The first-order valence-electron chi connectivity index (χ1n) is 25.1. The lowest BCUT2D eigenvalue weighted by molar-refractivity contribution is -0.144. The average molecular weight is 1000 g/mol. The van der Waals surface area contributed by atoms with Crippen LogP contribution < -0.4 is 10.6 Å². The number of likely N-dealkylation sites (tertiary alicyclic amines) is 2. The zero-order chi connectivity index (χ0) is 53.1. The summed E-state index contributed by atoms with van der Waals surface area (Å²) in [7, 11) is 0. The molecular formula is C60H63F2N5O7. The zero-order valence-electron chi connectivity index (χ0n) is 42.4. The Morgan fingerprint density at radius 3 is 1.91 bits per heavy atom. The largest absolute Gasteiger partial charge is 0.481 e. The molecule has 0 radical (unpaired) electrons. The fourth-order valence-electron chi connectivity index (χ4n) is 10.00. The van der Waals surface area contributed by atoms with Crippen LogP contribution in [0.5, 0.6) is 0 Å². The number of nitrogens with zero attached hydrogens (tertiary/aromatic N) is 3. The highest BCUT2D eigenvalue weighted by atomic mass is 19.2. The van der Waals surface area contributed by atoms with E-state index in [0.717, 1.165) is 63.9 Å². The van der Waals surface area contributed by atoms with Gasteiger partial charge in [0.15, 0.2) is 11.6 Å². The van der Waals surface area contributed by atoms with Crippen LogP contribution in [0.25, 0.3) is 22.3 Å². The quantitative estimate of drug-likeness (QED) is 0.0862. The van der Waals surface area contributed by atoms with Crippen LogP contribution in [0.15, 0.2) is 134 Å². The molecule has 1 aromatic heterocycles. The lowest BCUT2D eigenvalue weighted by Gasteiger charge is -2.37. The number of benzene rings is 5. The van der Waals surface area contributed by atoms with Crippen molar-refractivity contribution in [2.24, 2.45) is 5.92 Å². The predicted molar refractivity (Wildman–Crippen MR) is 279 cm³/mol. The van der Waals surface area contributed by atoms with E-state index in [9.17, 15) is 42.7 Å². The smallest absolute Gasteiger partial charge is 0.305 e. The molecule has 3 N–H and O–H groups in total. The first-order chi connectivity index (χ1) is 35.5. The van der Waals surface area contributed by atoms with Gasteiger partial charge in [-0.25, -0.2) is 8.78 Å². The molecule has 3 heterocycles. The Hall–Kier alpha value is -7.87. The van der Waals surface area contributed by atoms with E-state index in [2.05, 4.69) is 15.6 Å². The molecule has 2 aliphatic rings. The van der Waals surface area contributed by atoms with Crippen molar-refractivity contribution in [3.05, 3.63) is 184 Å². The van der Waals surface area contributed by atoms with E-state index in [-0.39, 0.29) is 54.2 Å². The summed E-state index contributed by atoms with van der Waals surface area (Å²) in [5.74, 6) is -4.42. The molecule has 74 heavy (non-hydrogen) atoms. The number of carbonyl (C=O) groups excluding carboxylic acids is 5. The maximum atomic E-state index is 14.3. The molecule has 6 aromatic rings. The van der Waals surface area contributed by atoms with Gasteiger partial charge in [-0.3, -0.25) is 33.8 Å². The Labute approximate surface area is 431 Å². The van der Waals surface area contributed by atoms with E-state index in [1.54, 1.807) is 17.3 Å². The minimum atomic E-state index is -1.18. The molecule has 5 aromatic carbocycles. The first-order valence-corrected chi connectivity index (χ1v) is 25.1. The van der Waals surface area contributed by atoms with Gasteiger partial charge < -0.3 is 25.5 Å². The molecule has 5 atom stereocenters. The molecule has 0 aliphatic carbocycles. The van der Waals surface area contributed by atoms with Gasteiger partial charge in [0, 0.05) is 50.3 Å². The number of aryl methyl sites for hydroxylation is 3. The van der Waals surface area contributed by atoms with Crippen LogP contribution in [0.2, 0.25) is 0 Å². The summed E-state index contributed by atoms with van der Waals surface area (Å²) >= 11 is 0. The summed E-state index contributed by atoms with van der Waals surface area (Å²) in [6.07, 6.45) is 6.07. The standard InChI is InChI=1S/C31H33F2N3O3.C29H30N2O4/c1-18-8-11-28(38)36(17-18)30(22-9-10-25(32)26(33)14-22)31(39)35-27(12-21(4)37)23-13-24(16-34-15-23)29-19(2)6-5-7-20(29)3;1-20-10-5-6-15-24(20)22-13-9-14-23(18-22)25(19-27(33)34)30-29(35)28(21-11-3-2-4-12-21)31-17-8-7-16-26(31)32/h5-7,9-10,13-16,18,27,30H,8,11-12,17H2,1-4H3,(H,35,39);2-6,9-15,18,25,28H,7-8,16-17,19H2,1H3,(H,30,35)(H,33,34)/t18?,27-,30-;25-,28?/m00/s1.